The van der Waals surface area contributed by atoms with E-state index in [9.17, 15) is 9.59 Å². The summed E-state index contributed by atoms with van der Waals surface area (Å²) in [5.41, 5.74) is 1.40. The van der Waals surface area contributed by atoms with Crippen LogP contribution in [-0.4, -0.2) is 59.5 Å². The predicted octanol–water partition coefficient (Wildman–Crippen LogP) is 2.06. The second kappa shape index (κ2) is 9.26. The number of ether oxygens (including phenoxy) is 1. The minimum absolute atomic E-state index is 0.104. The molecule has 7 nitrogen and oxygen atoms in total. The number of piperidine rings is 1. The first-order valence-corrected chi connectivity index (χ1v) is 10.1. The van der Waals surface area contributed by atoms with Gasteiger partial charge in [-0.05, 0) is 39.0 Å². The quantitative estimate of drug-likeness (QED) is 0.853. The highest BCUT2D eigenvalue weighted by atomic mass is 16.5. The van der Waals surface area contributed by atoms with Crippen molar-refractivity contribution in [1.29, 1.82) is 0 Å². The molecule has 0 aromatic carbocycles. The number of amides is 2. The first-order valence-electron chi connectivity index (χ1n) is 10.1. The van der Waals surface area contributed by atoms with E-state index < -0.39 is 0 Å². The van der Waals surface area contributed by atoms with Crippen LogP contribution < -0.4 is 5.32 Å². The van der Waals surface area contributed by atoms with E-state index in [2.05, 4.69) is 15.3 Å². The van der Waals surface area contributed by atoms with Crippen molar-refractivity contribution in [1.82, 2.24) is 20.2 Å². The number of nitrogens with one attached hydrogen (secondary N) is 1. The molecule has 0 radical (unpaired) electrons. The summed E-state index contributed by atoms with van der Waals surface area (Å²) in [6, 6.07) is 0. The lowest BCUT2D eigenvalue weighted by Crippen LogP contribution is -2.43. The van der Waals surface area contributed by atoms with E-state index in [1.165, 1.54) is 0 Å². The second-order valence-electron chi connectivity index (χ2n) is 7.46. The first kappa shape index (κ1) is 19.7. The molecule has 2 aliphatic heterocycles. The zero-order chi connectivity index (χ0) is 19.2. The molecule has 0 aliphatic carbocycles. The van der Waals surface area contributed by atoms with Crippen LogP contribution >= 0.6 is 0 Å². The highest BCUT2D eigenvalue weighted by molar-refractivity contribution is 5.95. The molecule has 0 spiro atoms. The molecule has 0 unspecified atom stereocenters. The molecule has 3 heterocycles. The first-order chi connectivity index (χ1) is 13.1. The van der Waals surface area contributed by atoms with E-state index in [0.29, 0.717) is 31.1 Å². The molecule has 0 saturated carbocycles. The molecule has 1 aromatic heterocycles. The van der Waals surface area contributed by atoms with Crippen LogP contribution in [0.15, 0.2) is 6.20 Å². The Balaban J connectivity index is 1.65. The molecule has 2 aliphatic rings. The maximum atomic E-state index is 12.7. The molecule has 148 valence electrons. The van der Waals surface area contributed by atoms with Gasteiger partial charge in [-0.1, -0.05) is 6.92 Å². The summed E-state index contributed by atoms with van der Waals surface area (Å²) >= 11 is 0. The molecule has 0 bridgehead atoms. The molecule has 27 heavy (non-hydrogen) atoms. The van der Waals surface area contributed by atoms with Gasteiger partial charge in [-0.2, -0.15) is 0 Å². The van der Waals surface area contributed by atoms with Crippen LogP contribution in [0.2, 0.25) is 0 Å². The largest absolute Gasteiger partial charge is 0.381 e. The zero-order valence-electron chi connectivity index (χ0n) is 16.4. The number of carbonyl (C=O) groups excluding carboxylic acids is 2. The number of aryl methyl sites for hydroxylation is 1. The van der Waals surface area contributed by atoms with Gasteiger partial charge in [-0.3, -0.25) is 9.59 Å². The number of hydrogen-bond donors (Lipinski definition) is 1. The number of hydrogen-bond acceptors (Lipinski definition) is 5. The van der Waals surface area contributed by atoms with Crippen molar-refractivity contribution in [3.63, 3.8) is 0 Å². The summed E-state index contributed by atoms with van der Waals surface area (Å²) in [6.45, 7) is 7.33. The number of rotatable bonds is 5. The molecule has 3 rings (SSSR count). The third kappa shape index (κ3) is 4.83. The van der Waals surface area contributed by atoms with Crippen molar-refractivity contribution >= 4 is 11.8 Å². The highest BCUT2D eigenvalue weighted by Gasteiger charge is 2.31. The smallest absolute Gasteiger partial charge is 0.254 e. The van der Waals surface area contributed by atoms with Gasteiger partial charge in [0.25, 0.3) is 5.91 Å². The highest BCUT2D eigenvalue weighted by Crippen LogP contribution is 2.30. The fraction of sp³-hybridized carbons (Fsp3) is 0.700. The Morgan fingerprint density at radius 3 is 2.59 bits per heavy atom. The van der Waals surface area contributed by atoms with Crippen LogP contribution in [0, 0.1) is 12.8 Å². The Morgan fingerprint density at radius 1 is 1.22 bits per heavy atom. The van der Waals surface area contributed by atoms with E-state index in [4.69, 9.17) is 4.74 Å². The molecule has 0 atom stereocenters. The van der Waals surface area contributed by atoms with Crippen LogP contribution in [0.25, 0.3) is 0 Å². The molecular weight excluding hydrogens is 344 g/mol. The summed E-state index contributed by atoms with van der Waals surface area (Å²) in [7, 11) is 0. The van der Waals surface area contributed by atoms with Crippen LogP contribution in [0.5, 0.6) is 0 Å². The summed E-state index contributed by atoms with van der Waals surface area (Å²) in [5.74, 6) is 1.13. The van der Waals surface area contributed by atoms with Gasteiger partial charge in [0.1, 0.15) is 5.82 Å². The van der Waals surface area contributed by atoms with Crippen molar-refractivity contribution < 1.29 is 14.3 Å². The van der Waals surface area contributed by atoms with E-state index in [1.54, 1.807) is 6.20 Å². The molecule has 2 saturated heterocycles. The van der Waals surface area contributed by atoms with Gasteiger partial charge in [0.15, 0.2) is 0 Å². The number of carbonyl (C=O) groups is 2. The van der Waals surface area contributed by atoms with Crippen LogP contribution in [-0.2, 0) is 9.53 Å². The monoisotopic (exact) mass is 374 g/mol. The molecule has 1 N–H and O–H groups in total. The van der Waals surface area contributed by atoms with Crippen LogP contribution in [0.1, 0.15) is 66.8 Å². The standard InChI is InChI=1S/C20H30N4O3/c1-3-8-21-19(25)17-13-22-14(2)23-18(17)15-4-9-24(10-5-15)20(26)16-6-11-27-12-7-16/h13,15-16H,3-12H2,1-2H3,(H,21,25). The van der Waals surface area contributed by atoms with Gasteiger partial charge >= 0.3 is 0 Å². The Morgan fingerprint density at radius 2 is 1.93 bits per heavy atom. The molecule has 1 aromatic rings. The van der Waals surface area contributed by atoms with Gasteiger partial charge in [0.05, 0.1) is 11.3 Å². The zero-order valence-corrected chi connectivity index (χ0v) is 16.4. The van der Waals surface area contributed by atoms with Crippen LogP contribution in [0.4, 0.5) is 0 Å². The average Bonchev–Trinajstić information content (AvgIpc) is 2.72. The number of aromatic nitrogens is 2. The maximum Gasteiger partial charge on any atom is 0.254 e. The third-order valence-corrected chi connectivity index (χ3v) is 5.48. The van der Waals surface area contributed by atoms with Crippen molar-refractivity contribution in [2.75, 3.05) is 32.8 Å². The lowest BCUT2D eigenvalue weighted by atomic mass is 9.89. The van der Waals surface area contributed by atoms with Crippen molar-refractivity contribution in [2.24, 2.45) is 5.92 Å². The Hall–Kier alpha value is -2.02. The SMILES string of the molecule is CCCNC(=O)c1cnc(C)nc1C1CCN(C(=O)C2CCOCC2)CC1. The average molecular weight is 374 g/mol. The second-order valence-corrected chi connectivity index (χ2v) is 7.46. The lowest BCUT2D eigenvalue weighted by molar-refractivity contribution is -0.139. The lowest BCUT2D eigenvalue weighted by Gasteiger charge is -2.35. The minimum Gasteiger partial charge on any atom is -0.381 e. The van der Waals surface area contributed by atoms with E-state index in [0.717, 1.165) is 50.9 Å². The number of nitrogens with zero attached hydrogens (tertiary/aromatic N) is 3. The molecule has 2 amide bonds. The van der Waals surface area contributed by atoms with Crippen molar-refractivity contribution in [3.8, 4) is 0 Å². The van der Waals surface area contributed by atoms with E-state index in [1.807, 2.05) is 18.7 Å². The van der Waals surface area contributed by atoms with E-state index >= 15 is 0 Å². The fourth-order valence-corrected chi connectivity index (χ4v) is 3.88. The topological polar surface area (TPSA) is 84.4 Å². The molecule has 2 fully saturated rings. The Bertz CT molecular complexity index is 665. The Labute approximate surface area is 160 Å². The van der Waals surface area contributed by atoms with Gasteiger partial charge in [0, 0.05) is 50.9 Å². The van der Waals surface area contributed by atoms with E-state index in [-0.39, 0.29) is 23.7 Å². The van der Waals surface area contributed by atoms with Gasteiger partial charge in [-0.15, -0.1) is 0 Å². The fourth-order valence-electron chi connectivity index (χ4n) is 3.88. The molecule has 7 heteroatoms. The Kier molecular flexibility index (Phi) is 6.77. The summed E-state index contributed by atoms with van der Waals surface area (Å²) in [4.78, 5) is 36.0. The van der Waals surface area contributed by atoms with Gasteiger partial charge in [0.2, 0.25) is 5.91 Å². The van der Waals surface area contributed by atoms with Crippen LogP contribution in [0.3, 0.4) is 0 Å². The van der Waals surface area contributed by atoms with Gasteiger partial charge < -0.3 is 15.0 Å². The maximum absolute atomic E-state index is 12.7. The van der Waals surface area contributed by atoms with Gasteiger partial charge in [-0.25, -0.2) is 9.97 Å². The summed E-state index contributed by atoms with van der Waals surface area (Å²) in [5, 5.41) is 2.92. The predicted molar refractivity (Wildman–Crippen MR) is 101 cm³/mol. The molecular formula is C20H30N4O3. The number of likely N-dealkylation sites (tertiary alicyclic amines) is 1. The minimum atomic E-state index is -0.104. The third-order valence-electron chi connectivity index (χ3n) is 5.48. The van der Waals surface area contributed by atoms with Crippen molar-refractivity contribution in [3.05, 3.63) is 23.3 Å². The normalized spacial score (nSPS) is 19.1. The van der Waals surface area contributed by atoms with Crippen molar-refractivity contribution in [2.45, 2.75) is 51.9 Å². The summed E-state index contributed by atoms with van der Waals surface area (Å²) in [6.07, 6.45) is 5.85. The summed E-state index contributed by atoms with van der Waals surface area (Å²) < 4.78 is 5.36.